The molecule has 3 N–H and O–H groups in total. The van der Waals surface area contributed by atoms with Crippen molar-refractivity contribution in [1.29, 1.82) is 0 Å². The van der Waals surface area contributed by atoms with E-state index in [4.69, 9.17) is 5.11 Å². The Hall–Kier alpha value is -1.53. The van der Waals surface area contributed by atoms with Gasteiger partial charge in [-0.15, -0.1) is 11.8 Å². The number of hydrogen-bond donors (Lipinski definition) is 3. The van der Waals surface area contributed by atoms with Gasteiger partial charge in [-0.05, 0) is 30.5 Å². The number of aliphatic hydroxyl groups excluding tert-OH is 1. The van der Waals surface area contributed by atoms with Crippen LogP contribution < -0.4 is 10.6 Å². The Bertz CT molecular complexity index is 519. The molecule has 0 aromatic heterocycles. The van der Waals surface area contributed by atoms with E-state index in [2.05, 4.69) is 10.6 Å². The van der Waals surface area contributed by atoms with Crippen LogP contribution in [0.15, 0.2) is 23.1 Å². The monoisotopic (exact) mass is 294 g/mol. The zero-order valence-electron chi connectivity index (χ0n) is 11.3. The molecule has 2 rings (SSSR count). The molecule has 2 amide bonds. The molecule has 1 heterocycles. The fourth-order valence-corrected chi connectivity index (χ4v) is 2.70. The minimum Gasteiger partial charge on any atom is -0.396 e. The van der Waals surface area contributed by atoms with E-state index >= 15 is 0 Å². The zero-order valence-corrected chi connectivity index (χ0v) is 12.1. The summed E-state index contributed by atoms with van der Waals surface area (Å²) in [5.74, 6) is 0.438. The summed E-state index contributed by atoms with van der Waals surface area (Å²) < 4.78 is 0. The molecule has 108 valence electrons. The highest BCUT2D eigenvalue weighted by Crippen LogP contribution is 2.31. The second-order valence-electron chi connectivity index (χ2n) is 4.88. The number of fused-ring (bicyclic) bond motifs is 1. The van der Waals surface area contributed by atoms with Crippen molar-refractivity contribution in [2.24, 2.45) is 5.92 Å². The van der Waals surface area contributed by atoms with Crippen LogP contribution in [-0.4, -0.2) is 35.8 Å². The highest BCUT2D eigenvalue weighted by Gasteiger charge is 2.17. The minimum atomic E-state index is -0.164. The van der Waals surface area contributed by atoms with Gasteiger partial charge in [-0.2, -0.15) is 0 Å². The van der Waals surface area contributed by atoms with Crippen LogP contribution in [0.25, 0.3) is 0 Å². The van der Waals surface area contributed by atoms with Crippen molar-refractivity contribution >= 4 is 29.3 Å². The minimum absolute atomic E-state index is 0.0448. The van der Waals surface area contributed by atoms with Gasteiger partial charge in [0.1, 0.15) is 0 Å². The molecule has 0 saturated heterocycles. The van der Waals surface area contributed by atoms with Gasteiger partial charge in [0.2, 0.25) is 5.91 Å². The Morgan fingerprint density at radius 3 is 3.10 bits per heavy atom. The van der Waals surface area contributed by atoms with Gasteiger partial charge in [0.15, 0.2) is 0 Å². The Balaban J connectivity index is 2.00. The molecule has 0 saturated carbocycles. The average Bonchev–Trinajstić information content (AvgIpc) is 2.44. The van der Waals surface area contributed by atoms with Crippen LogP contribution in [0.3, 0.4) is 0 Å². The molecule has 6 heteroatoms. The molecule has 5 nitrogen and oxygen atoms in total. The third-order valence-electron chi connectivity index (χ3n) is 3.11. The summed E-state index contributed by atoms with van der Waals surface area (Å²) in [4.78, 5) is 24.3. The predicted octanol–water partition coefficient (Wildman–Crippen LogP) is 1.48. The number of aliphatic hydroxyl groups is 1. The highest BCUT2D eigenvalue weighted by atomic mass is 32.2. The smallest absolute Gasteiger partial charge is 0.251 e. The summed E-state index contributed by atoms with van der Waals surface area (Å²) in [7, 11) is 0. The van der Waals surface area contributed by atoms with E-state index in [1.54, 1.807) is 12.1 Å². The molecule has 0 bridgehead atoms. The van der Waals surface area contributed by atoms with Crippen molar-refractivity contribution in [2.45, 2.75) is 18.2 Å². The van der Waals surface area contributed by atoms with Gasteiger partial charge in [-0.1, -0.05) is 6.92 Å². The van der Waals surface area contributed by atoms with E-state index in [1.807, 2.05) is 13.0 Å². The summed E-state index contributed by atoms with van der Waals surface area (Å²) in [6, 6.07) is 5.31. The number of anilines is 1. The molecular formula is C14H18N2O3S. The maximum absolute atomic E-state index is 12.0. The number of hydrogen-bond acceptors (Lipinski definition) is 4. The molecule has 1 aromatic carbocycles. The van der Waals surface area contributed by atoms with Crippen LogP contribution in [-0.2, 0) is 4.79 Å². The molecular weight excluding hydrogens is 276 g/mol. The summed E-state index contributed by atoms with van der Waals surface area (Å²) in [5.41, 5.74) is 1.23. The molecule has 1 aliphatic heterocycles. The predicted molar refractivity (Wildman–Crippen MR) is 79.0 cm³/mol. The van der Waals surface area contributed by atoms with Gasteiger partial charge in [0, 0.05) is 23.6 Å². The van der Waals surface area contributed by atoms with E-state index in [-0.39, 0.29) is 24.3 Å². The Morgan fingerprint density at radius 2 is 2.35 bits per heavy atom. The lowest BCUT2D eigenvalue weighted by atomic mass is 10.1. The highest BCUT2D eigenvalue weighted by molar-refractivity contribution is 8.00. The van der Waals surface area contributed by atoms with E-state index in [0.29, 0.717) is 30.0 Å². The molecule has 1 unspecified atom stereocenters. The Kier molecular flexibility index (Phi) is 5.03. The van der Waals surface area contributed by atoms with Crippen molar-refractivity contribution in [1.82, 2.24) is 5.32 Å². The third kappa shape index (κ3) is 3.74. The average molecular weight is 294 g/mol. The van der Waals surface area contributed by atoms with Crippen LogP contribution in [0.1, 0.15) is 23.7 Å². The number of nitrogens with one attached hydrogen (secondary N) is 2. The standard InChI is InChI=1S/C14H18N2O3S/c1-9(4-5-17)7-15-14(19)10-2-3-12-11(6-10)16-13(18)8-20-12/h2-3,6,9,17H,4-5,7-8H2,1H3,(H,15,19)(H,16,18). The number of amides is 2. The second kappa shape index (κ2) is 6.76. The van der Waals surface area contributed by atoms with Crippen LogP contribution in [0, 0.1) is 5.92 Å². The van der Waals surface area contributed by atoms with Crippen LogP contribution in [0.5, 0.6) is 0 Å². The van der Waals surface area contributed by atoms with Gasteiger partial charge in [0.05, 0.1) is 11.4 Å². The number of carbonyl (C=O) groups is 2. The summed E-state index contributed by atoms with van der Waals surface area (Å²) in [5, 5.41) is 14.4. The maximum Gasteiger partial charge on any atom is 0.251 e. The van der Waals surface area contributed by atoms with E-state index in [1.165, 1.54) is 11.8 Å². The molecule has 20 heavy (non-hydrogen) atoms. The first kappa shape index (κ1) is 14.9. The summed E-state index contributed by atoms with van der Waals surface area (Å²) >= 11 is 1.47. The summed E-state index contributed by atoms with van der Waals surface area (Å²) in [6.45, 7) is 2.62. The Labute approximate surface area is 122 Å². The zero-order chi connectivity index (χ0) is 14.5. The van der Waals surface area contributed by atoms with E-state index in [0.717, 1.165) is 4.90 Å². The number of rotatable bonds is 5. The maximum atomic E-state index is 12.0. The van der Waals surface area contributed by atoms with Gasteiger partial charge in [-0.3, -0.25) is 9.59 Å². The first-order valence-corrected chi connectivity index (χ1v) is 7.54. The van der Waals surface area contributed by atoms with Crippen molar-refractivity contribution in [2.75, 3.05) is 24.2 Å². The fraction of sp³-hybridized carbons (Fsp3) is 0.429. The first-order valence-electron chi connectivity index (χ1n) is 6.56. The molecule has 1 aliphatic rings. The van der Waals surface area contributed by atoms with E-state index < -0.39 is 0 Å². The lowest BCUT2D eigenvalue weighted by Gasteiger charge is -2.17. The topological polar surface area (TPSA) is 78.4 Å². The van der Waals surface area contributed by atoms with Gasteiger partial charge < -0.3 is 15.7 Å². The largest absolute Gasteiger partial charge is 0.396 e. The molecule has 0 radical (unpaired) electrons. The number of carbonyl (C=O) groups excluding carboxylic acids is 2. The van der Waals surface area contributed by atoms with E-state index in [9.17, 15) is 9.59 Å². The molecule has 1 aromatic rings. The molecule has 1 atom stereocenters. The molecule has 0 fully saturated rings. The van der Waals surface area contributed by atoms with Crippen LogP contribution in [0.2, 0.25) is 0 Å². The summed E-state index contributed by atoms with van der Waals surface area (Å²) in [6.07, 6.45) is 0.664. The lowest BCUT2D eigenvalue weighted by Crippen LogP contribution is -2.29. The quantitative estimate of drug-likeness (QED) is 0.768. The number of benzene rings is 1. The molecule has 0 aliphatic carbocycles. The molecule has 0 spiro atoms. The van der Waals surface area contributed by atoms with Crippen molar-refractivity contribution in [3.05, 3.63) is 23.8 Å². The van der Waals surface area contributed by atoms with Crippen molar-refractivity contribution in [3.63, 3.8) is 0 Å². The Morgan fingerprint density at radius 1 is 1.55 bits per heavy atom. The SMILES string of the molecule is CC(CCO)CNC(=O)c1ccc2c(c1)NC(=O)CS2. The second-order valence-corrected chi connectivity index (χ2v) is 5.89. The van der Waals surface area contributed by atoms with Gasteiger partial charge in [-0.25, -0.2) is 0 Å². The normalized spacial score (nSPS) is 15.2. The lowest BCUT2D eigenvalue weighted by molar-refractivity contribution is -0.113. The first-order chi connectivity index (χ1) is 9.60. The van der Waals surface area contributed by atoms with Crippen LogP contribution in [0.4, 0.5) is 5.69 Å². The van der Waals surface area contributed by atoms with Crippen LogP contribution >= 0.6 is 11.8 Å². The third-order valence-corrected chi connectivity index (χ3v) is 4.18. The fourth-order valence-electron chi connectivity index (χ4n) is 1.92. The number of thioether (sulfide) groups is 1. The van der Waals surface area contributed by atoms with Gasteiger partial charge >= 0.3 is 0 Å². The van der Waals surface area contributed by atoms with Crippen molar-refractivity contribution < 1.29 is 14.7 Å². The van der Waals surface area contributed by atoms with Gasteiger partial charge in [0.25, 0.3) is 5.91 Å². The van der Waals surface area contributed by atoms with Crippen molar-refractivity contribution in [3.8, 4) is 0 Å².